The van der Waals surface area contributed by atoms with Crippen LogP contribution in [0.3, 0.4) is 0 Å². The normalized spacial score (nSPS) is 45.0. The summed E-state index contributed by atoms with van der Waals surface area (Å²) in [5.74, 6) is 2.07. The number of morpholine rings is 1. The molecular formula is C17H31NO2. The van der Waals surface area contributed by atoms with Crippen LogP contribution in [0.15, 0.2) is 0 Å². The predicted molar refractivity (Wildman–Crippen MR) is 80.5 cm³/mol. The average molecular weight is 281 g/mol. The molecule has 3 rings (SSSR count). The molecule has 0 N–H and O–H groups in total. The summed E-state index contributed by atoms with van der Waals surface area (Å²) in [6.07, 6.45) is 4.87. The van der Waals surface area contributed by atoms with Gasteiger partial charge in [0.2, 0.25) is 0 Å². The van der Waals surface area contributed by atoms with E-state index in [4.69, 9.17) is 9.47 Å². The third-order valence-corrected chi connectivity index (χ3v) is 5.95. The van der Waals surface area contributed by atoms with Crippen molar-refractivity contribution in [3.63, 3.8) is 0 Å². The van der Waals surface area contributed by atoms with Crippen molar-refractivity contribution in [2.45, 2.75) is 77.9 Å². The first-order valence-corrected chi connectivity index (χ1v) is 8.43. The molecule has 20 heavy (non-hydrogen) atoms. The Morgan fingerprint density at radius 1 is 1.20 bits per heavy atom. The summed E-state index contributed by atoms with van der Waals surface area (Å²) in [4.78, 5) is 2.60. The number of fused-ring (bicyclic) bond motifs is 2. The van der Waals surface area contributed by atoms with E-state index in [2.05, 4.69) is 39.5 Å². The Labute approximate surface area is 124 Å². The van der Waals surface area contributed by atoms with E-state index in [0.29, 0.717) is 24.0 Å². The van der Waals surface area contributed by atoms with Crippen LogP contribution < -0.4 is 0 Å². The maximum Gasteiger partial charge on any atom is 0.135 e. The number of hydrogen-bond acceptors (Lipinski definition) is 3. The van der Waals surface area contributed by atoms with E-state index in [1.165, 1.54) is 19.3 Å². The number of ether oxygens (including phenoxy) is 2. The molecule has 2 aliphatic heterocycles. The predicted octanol–water partition coefficient (Wildman–Crippen LogP) is 3.28. The maximum atomic E-state index is 6.43. The van der Waals surface area contributed by atoms with Gasteiger partial charge in [-0.15, -0.1) is 0 Å². The molecule has 5 atom stereocenters. The Morgan fingerprint density at radius 2 is 1.95 bits per heavy atom. The van der Waals surface area contributed by atoms with Crippen molar-refractivity contribution in [1.82, 2.24) is 4.90 Å². The summed E-state index contributed by atoms with van der Waals surface area (Å²) >= 11 is 0. The molecule has 0 aromatic rings. The lowest BCUT2D eigenvalue weighted by Crippen LogP contribution is -2.69. The molecule has 0 amide bonds. The van der Waals surface area contributed by atoms with Crippen LogP contribution in [0.4, 0.5) is 0 Å². The molecule has 3 heteroatoms. The van der Waals surface area contributed by atoms with Crippen LogP contribution in [0.1, 0.15) is 53.9 Å². The molecule has 0 bridgehead atoms. The van der Waals surface area contributed by atoms with E-state index in [9.17, 15) is 0 Å². The minimum atomic E-state index is 0.173. The van der Waals surface area contributed by atoms with Gasteiger partial charge in [-0.05, 0) is 38.5 Å². The Balaban J connectivity index is 1.79. The van der Waals surface area contributed by atoms with Gasteiger partial charge in [-0.2, -0.15) is 0 Å². The Bertz CT molecular complexity index is 355. The zero-order chi connectivity index (χ0) is 14.5. The highest BCUT2D eigenvalue weighted by atomic mass is 16.6. The monoisotopic (exact) mass is 281 g/mol. The number of rotatable bonds is 1. The standard InChI is InChI=1S/C17H31NO2/c1-11(2)15-9-18-16(10-19-15)20-14-8-12(3)6-7-13(14)17(18,4)5/h11-16H,6-10H2,1-5H3/t12-,13-,14-,15+,16+/m1/s1. The summed E-state index contributed by atoms with van der Waals surface area (Å²) in [7, 11) is 0. The molecular weight excluding hydrogens is 250 g/mol. The van der Waals surface area contributed by atoms with E-state index < -0.39 is 0 Å². The fourth-order valence-electron chi connectivity index (χ4n) is 4.48. The van der Waals surface area contributed by atoms with Crippen molar-refractivity contribution in [3.05, 3.63) is 0 Å². The Morgan fingerprint density at radius 3 is 2.65 bits per heavy atom. The second-order valence-corrected chi connectivity index (χ2v) is 8.08. The molecule has 1 aliphatic carbocycles. The van der Waals surface area contributed by atoms with Crippen LogP contribution in [0.2, 0.25) is 0 Å². The van der Waals surface area contributed by atoms with E-state index in [-0.39, 0.29) is 11.8 Å². The fraction of sp³-hybridized carbons (Fsp3) is 1.00. The topological polar surface area (TPSA) is 21.7 Å². The number of hydrogen-bond donors (Lipinski definition) is 0. The molecule has 1 saturated carbocycles. The van der Waals surface area contributed by atoms with Crippen LogP contribution in [-0.4, -0.2) is 42.0 Å². The van der Waals surface area contributed by atoms with Gasteiger partial charge in [0.25, 0.3) is 0 Å². The van der Waals surface area contributed by atoms with E-state index >= 15 is 0 Å². The van der Waals surface area contributed by atoms with Crippen molar-refractivity contribution < 1.29 is 9.47 Å². The SMILES string of the molecule is CC(C)[C@@H]1CN2[C@H](CO1)O[C@@H]1C[C@H](C)CC[C@H]1C2(C)C. The molecule has 2 saturated heterocycles. The summed E-state index contributed by atoms with van der Waals surface area (Å²) in [6, 6.07) is 0. The van der Waals surface area contributed by atoms with Gasteiger partial charge in [-0.3, -0.25) is 4.90 Å². The molecule has 3 nitrogen and oxygen atoms in total. The van der Waals surface area contributed by atoms with Crippen molar-refractivity contribution in [2.24, 2.45) is 17.8 Å². The van der Waals surface area contributed by atoms with E-state index in [1.807, 2.05) is 0 Å². The smallest absolute Gasteiger partial charge is 0.135 e. The third-order valence-electron chi connectivity index (χ3n) is 5.95. The van der Waals surface area contributed by atoms with Crippen LogP contribution in [0.25, 0.3) is 0 Å². The average Bonchev–Trinajstić information content (AvgIpc) is 2.37. The van der Waals surface area contributed by atoms with Gasteiger partial charge in [0.05, 0.1) is 18.8 Å². The second kappa shape index (κ2) is 5.26. The van der Waals surface area contributed by atoms with Crippen molar-refractivity contribution in [3.8, 4) is 0 Å². The van der Waals surface area contributed by atoms with Crippen LogP contribution in [-0.2, 0) is 9.47 Å². The van der Waals surface area contributed by atoms with Gasteiger partial charge in [-0.25, -0.2) is 0 Å². The number of nitrogens with zero attached hydrogens (tertiary/aromatic N) is 1. The third kappa shape index (κ3) is 2.42. The summed E-state index contributed by atoms with van der Waals surface area (Å²) in [5.41, 5.74) is 0.241. The molecule has 0 aromatic carbocycles. The van der Waals surface area contributed by atoms with Gasteiger partial charge in [0.1, 0.15) is 6.23 Å². The van der Waals surface area contributed by atoms with Crippen LogP contribution in [0.5, 0.6) is 0 Å². The Hall–Kier alpha value is -0.120. The van der Waals surface area contributed by atoms with Gasteiger partial charge in [0, 0.05) is 18.0 Å². The highest BCUT2D eigenvalue weighted by molar-refractivity contribution is 5.02. The lowest BCUT2D eigenvalue weighted by Gasteiger charge is -2.59. The van der Waals surface area contributed by atoms with Gasteiger partial charge >= 0.3 is 0 Å². The van der Waals surface area contributed by atoms with Gasteiger partial charge in [0.15, 0.2) is 0 Å². The lowest BCUT2D eigenvalue weighted by molar-refractivity contribution is -0.281. The molecule has 2 heterocycles. The minimum Gasteiger partial charge on any atom is -0.372 e. The molecule has 0 unspecified atom stereocenters. The first kappa shape index (κ1) is 14.8. The van der Waals surface area contributed by atoms with Crippen molar-refractivity contribution in [1.29, 1.82) is 0 Å². The Kier molecular flexibility index (Phi) is 3.89. The summed E-state index contributed by atoms with van der Waals surface area (Å²) in [5, 5.41) is 0. The molecule has 0 radical (unpaired) electrons. The molecule has 3 fully saturated rings. The fourth-order valence-corrected chi connectivity index (χ4v) is 4.48. The quantitative estimate of drug-likeness (QED) is 0.736. The lowest BCUT2D eigenvalue weighted by atomic mass is 9.69. The summed E-state index contributed by atoms with van der Waals surface area (Å²) in [6.45, 7) is 13.5. The largest absolute Gasteiger partial charge is 0.372 e. The molecule has 0 spiro atoms. The maximum absolute atomic E-state index is 6.43. The van der Waals surface area contributed by atoms with Crippen molar-refractivity contribution >= 4 is 0 Å². The van der Waals surface area contributed by atoms with Crippen molar-refractivity contribution in [2.75, 3.05) is 13.2 Å². The minimum absolute atomic E-state index is 0.173. The summed E-state index contributed by atoms with van der Waals surface area (Å²) < 4.78 is 12.5. The second-order valence-electron chi connectivity index (χ2n) is 8.08. The van der Waals surface area contributed by atoms with Gasteiger partial charge < -0.3 is 9.47 Å². The van der Waals surface area contributed by atoms with E-state index in [0.717, 1.165) is 19.1 Å². The first-order valence-electron chi connectivity index (χ1n) is 8.43. The molecule has 3 aliphatic rings. The van der Waals surface area contributed by atoms with Gasteiger partial charge in [-0.1, -0.05) is 27.2 Å². The van der Waals surface area contributed by atoms with E-state index in [1.54, 1.807) is 0 Å². The zero-order valence-corrected chi connectivity index (χ0v) is 13.8. The highest BCUT2D eigenvalue weighted by Gasteiger charge is 2.52. The molecule has 116 valence electrons. The van der Waals surface area contributed by atoms with Crippen LogP contribution >= 0.6 is 0 Å². The first-order chi connectivity index (χ1) is 9.39. The van der Waals surface area contributed by atoms with Crippen LogP contribution in [0, 0.1) is 17.8 Å². The highest BCUT2D eigenvalue weighted by Crippen LogP contribution is 2.46. The molecule has 0 aromatic heterocycles. The zero-order valence-electron chi connectivity index (χ0n) is 13.8.